The van der Waals surface area contributed by atoms with Gasteiger partial charge < -0.3 is 10.2 Å². The van der Waals surface area contributed by atoms with E-state index < -0.39 is 0 Å². The molecule has 1 rings (SSSR count). The number of allylic oxidation sites excluding steroid dienone is 2. The predicted octanol–water partition coefficient (Wildman–Crippen LogP) is 2.11. The van der Waals surface area contributed by atoms with E-state index in [1.54, 1.807) is 4.90 Å². The topological polar surface area (TPSA) is 49.4 Å². The Bertz CT molecular complexity index is 356. The summed E-state index contributed by atoms with van der Waals surface area (Å²) in [5, 5.41) is 2.89. The Hall–Kier alpha value is -1.32. The van der Waals surface area contributed by atoms with Crippen LogP contribution in [-0.2, 0) is 9.59 Å². The van der Waals surface area contributed by atoms with Crippen LogP contribution < -0.4 is 5.32 Å². The molecule has 0 fully saturated rings. The highest BCUT2D eigenvalue weighted by Gasteiger charge is 2.21. The SMILES string of the molecule is CCN(CC(=O)NC(C)(C)C)C(=O)CC1C=CCC1. The van der Waals surface area contributed by atoms with Crippen molar-refractivity contribution in [1.29, 1.82) is 0 Å². The minimum atomic E-state index is -0.256. The zero-order valence-electron chi connectivity index (χ0n) is 12.5. The Labute approximate surface area is 116 Å². The Balaban J connectivity index is 2.45. The first kappa shape index (κ1) is 15.7. The molecule has 0 bridgehead atoms. The van der Waals surface area contributed by atoms with Gasteiger partial charge in [0.1, 0.15) is 0 Å². The van der Waals surface area contributed by atoms with Crippen LogP contribution in [0.5, 0.6) is 0 Å². The third-order valence-electron chi connectivity index (χ3n) is 3.13. The molecule has 1 aliphatic rings. The molecule has 19 heavy (non-hydrogen) atoms. The van der Waals surface area contributed by atoms with E-state index in [1.165, 1.54) is 0 Å². The molecule has 4 nitrogen and oxygen atoms in total. The third kappa shape index (κ3) is 5.90. The van der Waals surface area contributed by atoms with Crippen molar-refractivity contribution in [2.45, 2.75) is 52.5 Å². The summed E-state index contributed by atoms with van der Waals surface area (Å²) in [5.74, 6) is 0.333. The second-order valence-corrected chi connectivity index (χ2v) is 6.18. The standard InChI is InChI=1S/C15H26N2O2/c1-5-17(11-13(18)16-15(2,3)4)14(19)10-12-8-6-7-9-12/h6,8,12H,5,7,9-11H2,1-4H3,(H,16,18). The molecule has 0 aromatic heterocycles. The summed E-state index contributed by atoms with van der Waals surface area (Å²) in [6.07, 6.45) is 6.88. The summed E-state index contributed by atoms with van der Waals surface area (Å²) in [6.45, 7) is 8.45. The van der Waals surface area contributed by atoms with E-state index in [9.17, 15) is 9.59 Å². The summed E-state index contributed by atoms with van der Waals surface area (Å²) in [7, 11) is 0. The van der Waals surface area contributed by atoms with Gasteiger partial charge in [0, 0.05) is 18.5 Å². The second kappa shape index (κ2) is 6.73. The van der Waals surface area contributed by atoms with Gasteiger partial charge in [0.15, 0.2) is 0 Å². The zero-order valence-corrected chi connectivity index (χ0v) is 12.5. The van der Waals surface area contributed by atoms with Gasteiger partial charge in [-0.25, -0.2) is 0 Å². The van der Waals surface area contributed by atoms with Crippen LogP contribution >= 0.6 is 0 Å². The van der Waals surface area contributed by atoms with Crippen LogP contribution in [0.1, 0.15) is 47.0 Å². The molecule has 0 saturated heterocycles. The molecule has 0 radical (unpaired) electrons. The van der Waals surface area contributed by atoms with Crippen LogP contribution in [0.2, 0.25) is 0 Å². The Morgan fingerprint density at radius 2 is 2.05 bits per heavy atom. The molecular formula is C15H26N2O2. The number of hydrogen-bond acceptors (Lipinski definition) is 2. The van der Waals surface area contributed by atoms with Gasteiger partial charge in [-0.05, 0) is 46.5 Å². The third-order valence-corrected chi connectivity index (χ3v) is 3.13. The van der Waals surface area contributed by atoms with Crippen LogP contribution in [0.15, 0.2) is 12.2 Å². The Morgan fingerprint density at radius 3 is 2.53 bits per heavy atom. The van der Waals surface area contributed by atoms with Crippen LogP contribution in [-0.4, -0.2) is 35.3 Å². The van der Waals surface area contributed by atoms with Gasteiger partial charge in [0.05, 0.1) is 6.54 Å². The molecule has 0 heterocycles. The molecular weight excluding hydrogens is 240 g/mol. The number of likely N-dealkylation sites (N-methyl/N-ethyl adjacent to an activating group) is 1. The first-order valence-electron chi connectivity index (χ1n) is 7.07. The first-order valence-corrected chi connectivity index (χ1v) is 7.07. The van der Waals surface area contributed by atoms with Crippen molar-refractivity contribution in [1.82, 2.24) is 10.2 Å². The molecule has 0 aliphatic heterocycles. The maximum absolute atomic E-state index is 12.1. The summed E-state index contributed by atoms with van der Waals surface area (Å²) in [5.41, 5.74) is -0.256. The highest BCUT2D eigenvalue weighted by Crippen LogP contribution is 2.21. The lowest BCUT2D eigenvalue weighted by Crippen LogP contribution is -2.47. The fourth-order valence-corrected chi connectivity index (χ4v) is 2.23. The van der Waals surface area contributed by atoms with Crippen LogP contribution in [0.4, 0.5) is 0 Å². The Morgan fingerprint density at radius 1 is 1.37 bits per heavy atom. The number of hydrogen-bond donors (Lipinski definition) is 1. The quantitative estimate of drug-likeness (QED) is 0.775. The Kier molecular flexibility index (Phi) is 5.58. The van der Waals surface area contributed by atoms with E-state index in [1.807, 2.05) is 27.7 Å². The minimum absolute atomic E-state index is 0.0723. The molecule has 0 spiro atoms. The lowest BCUT2D eigenvalue weighted by Gasteiger charge is -2.25. The van der Waals surface area contributed by atoms with Crippen molar-refractivity contribution in [3.05, 3.63) is 12.2 Å². The van der Waals surface area contributed by atoms with Crippen molar-refractivity contribution in [3.8, 4) is 0 Å². The van der Waals surface area contributed by atoms with Gasteiger partial charge in [-0.1, -0.05) is 12.2 Å². The molecule has 1 N–H and O–H groups in total. The van der Waals surface area contributed by atoms with Gasteiger partial charge in [0.25, 0.3) is 0 Å². The van der Waals surface area contributed by atoms with E-state index >= 15 is 0 Å². The van der Waals surface area contributed by atoms with Gasteiger partial charge in [-0.3, -0.25) is 9.59 Å². The molecule has 1 unspecified atom stereocenters. The highest BCUT2D eigenvalue weighted by molar-refractivity contribution is 5.85. The second-order valence-electron chi connectivity index (χ2n) is 6.18. The van der Waals surface area contributed by atoms with E-state index in [0.717, 1.165) is 12.8 Å². The summed E-state index contributed by atoms with van der Waals surface area (Å²) in [6, 6.07) is 0. The molecule has 1 aliphatic carbocycles. The van der Waals surface area contributed by atoms with E-state index in [-0.39, 0.29) is 23.9 Å². The molecule has 2 amide bonds. The summed E-state index contributed by atoms with van der Waals surface area (Å²) in [4.78, 5) is 25.6. The largest absolute Gasteiger partial charge is 0.350 e. The number of nitrogens with zero attached hydrogens (tertiary/aromatic N) is 1. The van der Waals surface area contributed by atoms with Crippen molar-refractivity contribution in [2.75, 3.05) is 13.1 Å². The smallest absolute Gasteiger partial charge is 0.240 e. The van der Waals surface area contributed by atoms with Gasteiger partial charge >= 0.3 is 0 Å². The van der Waals surface area contributed by atoms with Crippen LogP contribution in [0.25, 0.3) is 0 Å². The highest BCUT2D eigenvalue weighted by atomic mass is 16.2. The van der Waals surface area contributed by atoms with Gasteiger partial charge in [0.2, 0.25) is 11.8 Å². The normalized spacial score (nSPS) is 18.4. The van der Waals surface area contributed by atoms with Crippen LogP contribution in [0.3, 0.4) is 0 Å². The first-order chi connectivity index (χ1) is 8.81. The zero-order chi connectivity index (χ0) is 14.5. The summed E-state index contributed by atoms with van der Waals surface area (Å²) < 4.78 is 0. The van der Waals surface area contributed by atoms with E-state index in [2.05, 4.69) is 17.5 Å². The fraction of sp³-hybridized carbons (Fsp3) is 0.733. The van der Waals surface area contributed by atoms with E-state index in [0.29, 0.717) is 18.9 Å². The number of carbonyl (C=O) groups excluding carboxylic acids is 2. The molecule has 0 aromatic carbocycles. The number of amides is 2. The van der Waals surface area contributed by atoms with Crippen molar-refractivity contribution >= 4 is 11.8 Å². The van der Waals surface area contributed by atoms with Crippen molar-refractivity contribution in [2.24, 2.45) is 5.92 Å². The maximum Gasteiger partial charge on any atom is 0.240 e. The maximum atomic E-state index is 12.1. The number of nitrogens with one attached hydrogen (secondary N) is 1. The molecule has 0 aromatic rings. The average molecular weight is 266 g/mol. The van der Waals surface area contributed by atoms with Gasteiger partial charge in [-0.2, -0.15) is 0 Å². The minimum Gasteiger partial charge on any atom is -0.350 e. The van der Waals surface area contributed by atoms with Crippen molar-refractivity contribution in [3.63, 3.8) is 0 Å². The lowest BCUT2D eigenvalue weighted by atomic mass is 10.0. The van der Waals surface area contributed by atoms with Crippen LogP contribution in [0, 0.1) is 5.92 Å². The summed E-state index contributed by atoms with van der Waals surface area (Å²) >= 11 is 0. The lowest BCUT2D eigenvalue weighted by molar-refractivity contribution is -0.136. The average Bonchev–Trinajstić information content (AvgIpc) is 2.75. The fourth-order valence-electron chi connectivity index (χ4n) is 2.23. The van der Waals surface area contributed by atoms with E-state index in [4.69, 9.17) is 0 Å². The van der Waals surface area contributed by atoms with Gasteiger partial charge in [-0.15, -0.1) is 0 Å². The monoisotopic (exact) mass is 266 g/mol. The molecule has 4 heteroatoms. The molecule has 1 atom stereocenters. The number of carbonyl (C=O) groups is 2. The predicted molar refractivity (Wildman–Crippen MR) is 76.6 cm³/mol. The molecule has 0 saturated carbocycles. The number of rotatable bonds is 5. The van der Waals surface area contributed by atoms with Crippen molar-refractivity contribution < 1.29 is 9.59 Å². The molecule has 108 valence electrons.